The zero-order chi connectivity index (χ0) is 71.1. The van der Waals surface area contributed by atoms with E-state index in [0.717, 1.165) is 256 Å². The molecular formula is C105H168BN3. The molecule has 33 atom stereocenters. The maximum Gasteiger partial charge on any atom is 0.156 e. The van der Waals surface area contributed by atoms with Crippen LogP contribution in [0.5, 0.6) is 0 Å². The second kappa shape index (κ2) is 30.6. The highest BCUT2D eigenvalue weighted by atomic mass is 15.3. The van der Waals surface area contributed by atoms with Crippen LogP contribution >= 0.6 is 0 Å². The zero-order valence-corrected chi connectivity index (χ0v) is 70.7. The highest BCUT2D eigenvalue weighted by Crippen LogP contribution is 2.73. The fraction of sp³-hybridized carbons (Fsp3) is 1.00. The van der Waals surface area contributed by atoms with Crippen molar-refractivity contribution in [3.05, 3.63) is 0 Å². The number of hydrogen-bond acceptors (Lipinski definition) is 3. The minimum atomic E-state index is 0.846. The van der Waals surface area contributed by atoms with Gasteiger partial charge in [-0.15, -0.1) is 0 Å². The molecule has 0 aromatic carbocycles. The van der Waals surface area contributed by atoms with E-state index < -0.39 is 0 Å². The normalized spacial score (nSPS) is 55.1. The maximum atomic E-state index is 3.88. The van der Waals surface area contributed by atoms with Crippen molar-refractivity contribution >= 4 is 6.71 Å². The number of nitrogens with zero attached hydrogens (tertiary/aromatic N) is 3. The van der Waals surface area contributed by atoms with Crippen LogP contribution in [0.25, 0.3) is 0 Å². The van der Waals surface area contributed by atoms with E-state index in [0.29, 0.717) is 0 Å². The van der Waals surface area contributed by atoms with Crippen LogP contribution in [0.4, 0.5) is 0 Å². The molecule has 4 saturated heterocycles. The summed E-state index contributed by atoms with van der Waals surface area (Å²) in [7, 11) is 0. The molecule has 3 nitrogen and oxygen atoms in total. The quantitative estimate of drug-likeness (QED) is 0.191. The van der Waals surface area contributed by atoms with Crippen LogP contribution in [-0.2, 0) is 0 Å². The third kappa shape index (κ3) is 12.5. The number of fused-ring (bicyclic) bond motifs is 8. The highest BCUT2D eigenvalue weighted by Gasteiger charge is 2.69. The van der Waals surface area contributed by atoms with Gasteiger partial charge in [0.25, 0.3) is 0 Å². The first-order valence-corrected chi connectivity index (χ1v) is 53.3. The molecule has 25 aliphatic rings. The van der Waals surface area contributed by atoms with Gasteiger partial charge in [0.15, 0.2) is 6.71 Å². The minimum absolute atomic E-state index is 0.846. The lowest BCUT2D eigenvalue weighted by atomic mass is 9.18. The third-order valence-electron chi connectivity index (χ3n) is 46.2. The van der Waals surface area contributed by atoms with Gasteiger partial charge in [-0.3, -0.25) is 14.7 Å². The van der Waals surface area contributed by atoms with Gasteiger partial charge in [0.2, 0.25) is 0 Å². The van der Waals surface area contributed by atoms with Gasteiger partial charge in [-0.25, -0.2) is 0 Å². The van der Waals surface area contributed by atoms with Crippen LogP contribution in [0.1, 0.15) is 392 Å². The first-order valence-electron chi connectivity index (χ1n) is 53.3. The molecule has 21 saturated carbocycles. The minimum Gasteiger partial charge on any atom is -0.298 e. The van der Waals surface area contributed by atoms with E-state index in [-0.39, 0.29) is 0 Å². The predicted octanol–water partition coefficient (Wildman–Crippen LogP) is 26.9. The summed E-state index contributed by atoms with van der Waals surface area (Å²) in [5, 5.41) is 0. The van der Waals surface area contributed by atoms with Crippen LogP contribution in [0.2, 0.25) is 17.5 Å². The van der Waals surface area contributed by atoms with Gasteiger partial charge >= 0.3 is 0 Å². The van der Waals surface area contributed by atoms with Crippen molar-refractivity contribution < 1.29 is 0 Å². The Hall–Kier alpha value is -0.0551. The molecule has 0 aromatic heterocycles. The summed E-state index contributed by atoms with van der Waals surface area (Å²) in [6, 6.07) is 6.17. The Balaban J connectivity index is 0.651. The SMILES string of the molecule is C1CCC(C2CCCC(C3CCCCC3)C2CN2C3CC(N4C5CC6CC(C5)CC4C6)CC4C3B(C3CC(C5CC[C@@H]6C7CCCC8CCCC(C87)[C@@H]7CCC[C@H]5C67)CC[C@@H]3N4CC3[C@@H](C4CCCCC4)CCC[C@H]3C3CCCCC3)[C@H]3C[C@@H]([C@H]4CCC5[C@H]6CCCC7CCC[C@H](C76)C6CCCC4[C@H]65)CCC32)CC1. The average Bonchev–Trinajstić information content (AvgIpc) is 0.723. The van der Waals surface area contributed by atoms with Crippen LogP contribution in [0, 0.1) is 189 Å². The van der Waals surface area contributed by atoms with E-state index in [2.05, 4.69) is 14.7 Å². The fourth-order valence-corrected chi connectivity index (χ4v) is 43.9. The number of rotatable bonds is 11. The molecule has 4 bridgehead atoms. The van der Waals surface area contributed by atoms with E-state index in [9.17, 15) is 0 Å². The molecule has 25 rings (SSSR count). The summed E-state index contributed by atoms with van der Waals surface area (Å²) >= 11 is 0. The Morgan fingerprint density at radius 3 is 0.835 bits per heavy atom. The molecule has 0 radical (unpaired) electrons. The van der Waals surface area contributed by atoms with E-state index in [4.69, 9.17) is 0 Å². The van der Waals surface area contributed by atoms with Crippen LogP contribution in [0.3, 0.4) is 0 Å². The monoisotopic (exact) mass is 1480 g/mol. The highest BCUT2D eigenvalue weighted by molar-refractivity contribution is 6.65. The second-order valence-corrected chi connectivity index (χ2v) is 49.1. The third-order valence-corrected chi connectivity index (χ3v) is 46.2. The summed E-state index contributed by atoms with van der Waals surface area (Å²) in [6.45, 7) is 4.19. The molecule has 0 spiro atoms. The Morgan fingerprint density at radius 1 is 0.193 bits per heavy atom. The second-order valence-electron chi connectivity index (χ2n) is 49.1. The molecule has 0 amide bonds. The van der Waals surface area contributed by atoms with Gasteiger partial charge in [-0.1, -0.05) is 218 Å². The van der Waals surface area contributed by atoms with Gasteiger partial charge in [-0.2, -0.15) is 0 Å². The van der Waals surface area contributed by atoms with Crippen LogP contribution in [0.15, 0.2) is 0 Å². The van der Waals surface area contributed by atoms with E-state index in [1.807, 2.05) is 0 Å². The summed E-state index contributed by atoms with van der Waals surface area (Å²) in [5.41, 5.74) is 0. The lowest BCUT2D eigenvalue weighted by molar-refractivity contribution is -0.159. The Labute approximate surface area is 671 Å². The van der Waals surface area contributed by atoms with Crippen LogP contribution < -0.4 is 0 Å². The van der Waals surface area contributed by atoms with Gasteiger partial charge in [0.1, 0.15) is 0 Å². The number of hydrogen-bond donors (Lipinski definition) is 0. The standard InChI is InChI=1S/C105H168BN3/c1-5-21-66(22-6-1)77-33-17-34-78(67-23-7-2-8-24-67)93(77)62-107-97-51-45-72(81-47-49-91-87-39-15-31-70-29-13-37-85(101(70)87)89-43-19-41-83(81)103(89)91)58-95(97)106-96-59-73(82-48-50-92-88-40-16-32-71-30-14-38-86(102(71)88)90-44-20-42-84(82)104(90)92)46-52-98(96)108(63-94-79(68-25-9-3-10-26-68)35-18-36-80(94)69-27-11-4-12-28-69)100-61-76(60-99(107)105(100)106)109-74-54-64-53-65(56-74)57-75(109)55-64/h64-105H,1-63H2/t64?,65?,70?,71?,72-,73?,74?,75?,76?,77?,78?,79-,80+,81+,82?,83?,84+,85-,86?,87+,88?,89?,90-,91?,92+,93?,94?,95-,96?,97?,98-,99?,100?,101?,102?,103+,104?,105?/m0/s1. The van der Waals surface area contributed by atoms with Crippen molar-refractivity contribution in [2.75, 3.05) is 13.1 Å². The smallest absolute Gasteiger partial charge is 0.156 e. The summed E-state index contributed by atoms with van der Waals surface area (Å²) in [5.74, 6) is 37.5. The molecule has 25 fully saturated rings. The molecule has 4 heteroatoms. The van der Waals surface area contributed by atoms with Gasteiger partial charge < -0.3 is 0 Å². The number of piperidine rings is 2. The predicted molar refractivity (Wildman–Crippen MR) is 452 cm³/mol. The van der Waals surface area contributed by atoms with E-state index in [1.54, 1.807) is 405 Å². The molecule has 109 heavy (non-hydrogen) atoms. The van der Waals surface area contributed by atoms with Gasteiger partial charge in [0.05, 0.1) is 0 Å². The summed E-state index contributed by atoms with van der Waals surface area (Å²) in [4.78, 5) is 11.3. The molecule has 4 heterocycles. The first-order chi connectivity index (χ1) is 54.0. The Kier molecular flexibility index (Phi) is 20.5. The van der Waals surface area contributed by atoms with Crippen molar-refractivity contribution in [1.29, 1.82) is 0 Å². The van der Waals surface area contributed by atoms with Crippen molar-refractivity contribution in [3.63, 3.8) is 0 Å². The summed E-state index contributed by atoms with van der Waals surface area (Å²) in [6.07, 6.45) is 98.6. The lowest BCUT2D eigenvalue weighted by Gasteiger charge is -2.71. The van der Waals surface area contributed by atoms with Gasteiger partial charge in [-0.05, 0) is 380 Å². The van der Waals surface area contributed by atoms with E-state index >= 15 is 0 Å². The van der Waals surface area contributed by atoms with Crippen molar-refractivity contribution in [3.8, 4) is 0 Å². The molecule has 4 aliphatic heterocycles. The molecule has 21 aliphatic carbocycles. The largest absolute Gasteiger partial charge is 0.298 e. The molecule has 21 unspecified atom stereocenters. The maximum absolute atomic E-state index is 3.88. The first kappa shape index (κ1) is 72.9. The Morgan fingerprint density at radius 2 is 0.477 bits per heavy atom. The summed E-state index contributed by atoms with van der Waals surface area (Å²) < 4.78 is 0. The fourth-order valence-electron chi connectivity index (χ4n) is 43.9. The molecule has 0 aromatic rings. The van der Waals surface area contributed by atoms with E-state index in [1.165, 1.54) is 0 Å². The zero-order valence-electron chi connectivity index (χ0n) is 70.7. The van der Waals surface area contributed by atoms with Crippen molar-refractivity contribution in [2.24, 2.45) is 189 Å². The lowest BCUT2D eigenvalue weighted by Crippen LogP contribution is -2.75. The van der Waals surface area contributed by atoms with Crippen LogP contribution in [-0.4, -0.2) is 76.8 Å². The van der Waals surface area contributed by atoms with Crippen molar-refractivity contribution in [1.82, 2.24) is 14.7 Å². The average molecular weight is 1480 g/mol. The molecule has 606 valence electrons. The topological polar surface area (TPSA) is 9.72 Å². The Bertz CT molecular complexity index is 2780. The van der Waals surface area contributed by atoms with Crippen molar-refractivity contribution in [2.45, 2.75) is 451 Å². The molecule has 0 N–H and O–H groups in total. The van der Waals surface area contributed by atoms with Gasteiger partial charge in [0, 0.05) is 55.4 Å². The molecular weight excluding hydrogens is 1310 g/mol.